The van der Waals surface area contributed by atoms with Crippen molar-refractivity contribution >= 4 is 17.6 Å². The van der Waals surface area contributed by atoms with Crippen molar-refractivity contribution in [1.82, 2.24) is 0 Å². The van der Waals surface area contributed by atoms with Crippen LogP contribution in [0.2, 0.25) is 0 Å². The first-order valence-electron chi connectivity index (χ1n) is 6.55. The summed E-state index contributed by atoms with van der Waals surface area (Å²) in [5.41, 5.74) is 6.94. The average molecular weight is 295 g/mol. The Hall–Kier alpha value is -2.08. The third-order valence-electron chi connectivity index (χ3n) is 2.34. The van der Waals surface area contributed by atoms with Gasteiger partial charge in [-0.15, -0.1) is 0 Å². The van der Waals surface area contributed by atoms with Crippen molar-refractivity contribution in [2.24, 2.45) is 0 Å². The smallest absolute Gasteiger partial charge is 0.332 e. The molecule has 6 heteroatoms. The second kappa shape index (κ2) is 7.08. The Kier molecular flexibility index (Phi) is 5.72. The number of aliphatic carboxylic acids is 1. The second-order valence-corrected chi connectivity index (χ2v) is 5.73. The third kappa shape index (κ3) is 7.31. The summed E-state index contributed by atoms with van der Waals surface area (Å²) in [6, 6.07) is 4.98. The number of hydrogen-bond acceptors (Lipinski definition) is 5. The number of carbonyl (C=O) groups excluding carboxylic acids is 1. The molecule has 0 aliphatic heterocycles. The lowest BCUT2D eigenvalue weighted by Gasteiger charge is -2.19. The maximum atomic E-state index is 11.5. The number of anilines is 1. The van der Waals surface area contributed by atoms with Gasteiger partial charge in [0.05, 0.1) is 13.0 Å². The van der Waals surface area contributed by atoms with Gasteiger partial charge >= 0.3 is 11.9 Å². The van der Waals surface area contributed by atoms with Crippen molar-refractivity contribution in [3.8, 4) is 0 Å². The molecule has 0 aromatic heterocycles. The molecular weight excluding hydrogens is 274 g/mol. The Morgan fingerprint density at radius 2 is 1.81 bits per heavy atom. The highest BCUT2D eigenvalue weighted by atomic mass is 16.6. The van der Waals surface area contributed by atoms with Crippen LogP contribution in [0, 0.1) is 0 Å². The van der Waals surface area contributed by atoms with Crippen LogP contribution in [0.25, 0.3) is 0 Å². The number of esters is 1. The van der Waals surface area contributed by atoms with Gasteiger partial charge in [-0.2, -0.15) is 0 Å². The molecule has 0 spiro atoms. The van der Waals surface area contributed by atoms with Gasteiger partial charge in [0.15, 0.2) is 0 Å². The van der Waals surface area contributed by atoms with Gasteiger partial charge in [-0.3, -0.25) is 4.79 Å². The summed E-state index contributed by atoms with van der Waals surface area (Å²) in [5.74, 6) is -1.38. The van der Waals surface area contributed by atoms with Gasteiger partial charge in [0, 0.05) is 5.69 Å². The number of nitrogens with two attached hydrogens (primary N) is 1. The second-order valence-electron chi connectivity index (χ2n) is 5.73. The molecule has 1 aromatic carbocycles. The van der Waals surface area contributed by atoms with Crippen molar-refractivity contribution in [2.75, 3.05) is 12.3 Å². The Balaban J connectivity index is 2.54. The Labute approximate surface area is 123 Å². The molecule has 1 rings (SSSR count). The molecular formula is C15H21NO5. The van der Waals surface area contributed by atoms with Crippen molar-refractivity contribution in [3.63, 3.8) is 0 Å². The van der Waals surface area contributed by atoms with Crippen LogP contribution in [-0.2, 0) is 32.1 Å². The summed E-state index contributed by atoms with van der Waals surface area (Å²) < 4.78 is 10.4. The van der Waals surface area contributed by atoms with Crippen LogP contribution in [0.15, 0.2) is 18.2 Å². The largest absolute Gasteiger partial charge is 0.481 e. The number of rotatable bonds is 6. The van der Waals surface area contributed by atoms with E-state index in [9.17, 15) is 9.59 Å². The van der Waals surface area contributed by atoms with Gasteiger partial charge in [-0.25, -0.2) is 4.79 Å². The molecule has 0 saturated heterocycles. The van der Waals surface area contributed by atoms with Crippen LogP contribution in [0.5, 0.6) is 0 Å². The van der Waals surface area contributed by atoms with Crippen LogP contribution in [0.4, 0.5) is 5.69 Å². The molecule has 116 valence electrons. The summed E-state index contributed by atoms with van der Waals surface area (Å²) in [6.45, 7) is 5.33. The van der Waals surface area contributed by atoms with Crippen LogP contribution < -0.4 is 5.73 Å². The molecule has 0 atom stereocenters. The Morgan fingerprint density at radius 3 is 2.38 bits per heavy atom. The predicted octanol–water partition coefficient (Wildman–Crippen LogP) is 1.75. The first-order chi connectivity index (χ1) is 9.65. The Bertz CT molecular complexity index is 519. The Morgan fingerprint density at radius 1 is 1.19 bits per heavy atom. The van der Waals surface area contributed by atoms with Gasteiger partial charge in [0.1, 0.15) is 12.2 Å². The minimum Gasteiger partial charge on any atom is -0.481 e. The predicted molar refractivity (Wildman–Crippen MR) is 77.7 cm³/mol. The number of carboxylic acid groups (broad SMARTS) is 1. The molecule has 6 nitrogen and oxygen atoms in total. The molecule has 0 radical (unpaired) electrons. The lowest BCUT2D eigenvalue weighted by molar-refractivity contribution is -0.160. The maximum absolute atomic E-state index is 11.5. The van der Waals surface area contributed by atoms with Gasteiger partial charge in [-0.05, 0) is 44.0 Å². The van der Waals surface area contributed by atoms with Gasteiger partial charge in [0.25, 0.3) is 0 Å². The highest BCUT2D eigenvalue weighted by molar-refractivity contribution is 5.71. The zero-order valence-electron chi connectivity index (χ0n) is 12.5. The average Bonchev–Trinajstić information content (AvgIpc) is 2.24. The van der Waals surface area contributed by atoms with E-state index in [1.807, 2.05) is 0 Å². The van der Waals surface area contributed by atoms with E-state index in [0.29, 0.717) is 11.3 Å². The molecule has 0 unspecified atom stereocenters. The third-order valence-corrected chi connectivity index (χ3v) is 2.34. The minimum atomic E-state index is -0.929. The number of ether oxygens (including phenoxy) is 2. The fourth-order valence-electron chi connectivity index (χ4n) is 1.77. The van der Waals surface area contributed by atoms with E-state index in [0.717, 1.165) is 5.56 Å². The summed E-state index contributed by atoms with van der Waals surface area (Å²) in [5, 5.41) is 8.77. The number of nitrogen functional groups attached to an aromatic ring is 1. The van der Waals surface area contributed by atoms with E-state index in [2.05, 4.69) is 0 Å². The molecule has 0 aliphatic carbocycles. The lowest BCUT2D eigenvalue weighted by Crippen LogP contribution is -2.26. The molecule has 0 saturated carbocycles. The van der Waals surface area contributed by atoms with Crippen LogP contribution in [-0.4, -0.2) is 29.3 Å². The fourth-order valence-corrected chi connectivity index (χ4v) is 1.77. The van der Waals surface area contributed by atoms with Gasteiger partial charge in [0.2, 0.25) is 0 Å². The molecule has 0 fully saturated rings. The number of hydrogen-bond donors (Lipinski definition) is 2. The molecule has 0 aliphatic rings. The monoisotopic (exact) mass is 295 g/mol. The molecule has 0 amide bonds. The standard InChI is InChI=1S/C15H21NO5/c1-15(2,3)21-14(19)9-20-8-11-4-10(7-13(17)18)5-12(16)6-11/h4-6H,7-9,16H2,1-3H3,(H,17,18). The summed E-state index contributed by atoms with van der Waals surface area (Å²) >= 11 is 0. The topological polar surface area (TPSA) is 98.9 Å². The normalized spacial score (nSPS) is 11.2. The highest BCUT2D eigenvalue weighted by Gasteiger charge is 2.16. The zero-order valence-corrected chi connectivity index (χ0v) is 12.5. The van der Waals surface area contributed by atoms with Crippen molar-refractivity contribution in [3.05, 3.63) is 29.3 Å². The van der Waals surface area contributed by atoms with E-state index >= 15 is 0 Å². The van der Waals surface area contributed by atoms with Gasteiger partial charge < -0.3 is 20.3 Å². The molecule has 0 heterocycles. The summed E-state index contributed by atoms with van der Waals surface area (Å²) in [7, 11) is 0. The fraction of sp³-hybridized carbons (Fsp3) is 0.467. The number of benzene rings is 1. The summed E-state index contributed by atoms with van der Waals surface area (Å²) in [4.78, 5) is 22.2. The number of carbonyl (C=O) groups is 2. The van der Waals surface area contributed by atoms with Crippen LogP contribution in [0.1, 0.15) is 31.9 Å². The van der Waals surface area contributed by atoms with E-state index in [1.54, 1.807) is 39.0 Å². The van der Waals surface area contributed by atoms with Crippen LogP contribution in [0.3, 0.4) is 0 Å². The van der Waals surface area contributed by atoms with E-state index < -0.39 is 17.5 Å². The zero-order chi connectivity index (χ0) is 16.0. The van der Waals surface area contributed by atoms with Gasteiger partial charge in [-0.1, -0.05) is 6.07 Å². The number of carboxylic acids is 1. The lowest BCUT2D eigenvalue weighted by atomic mass is 10.1. The maximum Gasteiger partial charge on any atom is 0.332 e. The highest BCUT2D eigenvalue weighted by Crippen LogP contribution is 2.14. The SMILES string of the molecule is CC(C)(C)OC(=O)COCc1cc(N)cc(CC(=O)O)c1. The molecule has 3 N–H and O–H groups in total. The van der Waals surface area contributed by atoms with Crippen molar-refractivity contribution in [2.45, 2.75) is 39.4 Å². The first-order valence-corrected chi connectivity index (χ1v) is 6.55. The summed E-state index contributed by atoms with van der Waals surface area (Å²) in [6.07, 6.45) is -0.107. The molecule has 0 bridgehead atoms. The van der Waals surface area contributed by atoms with Crippen molar-refractivity contribution < 1.29 is 24.2 Å². The van der Waals surface area contributed by atoms with Crippen LogP contribution >= 0.6 is 0 Å². The quantitative estimate of drug-likeness (QED) is 0.613. The molecule has 21 heavy (non-hydrogen) atoms. The van der Waals surface area contributed by atoms with E-state index in [1.165, 1.54) is 0 Å². The molecule has 1 aromatic rings. The first kappa shape index (κ1) is 17.0. The van der Waals surface area contributed by atoms with Crippen molar-refractivity contribution in [1.29, 1.82) is 0 Å². The van der Waals surface area contributed by atoms with E-state index in [-0.39, 0.29) is 19.6 Å². The van der Waals surface area contributed by atoms with E-state index in [4.69, 9.17) is 20.3 Å². The minimum absolute atomic E-state index is 0.107.